The third kappa shape index (κ3) is 8.39. The molecule has 1 atom stereocenters. The lowest BCUT2D eigenvalue weighted by Gasteiger charge is -2.26. The van der Waals surface area contributed by atoms with Crippen LogP contribution in [0.25, 0.3) is 0 Å². The number of ketones is 1. The van der Waals surface area contributed by atoms with Crippen LogP contribution in [0.4, 0.5) is 0 Å². The summed E-state index contributed by atoms with van der Waals surface area (Å²) in [5.74, 6) is 0.112. The van der Waals surface area contributed by atoms with Crippen LogP contribution >= 0.6 is 0 Å². The van der Waals surface area contributed by atoms with Gasteiger partial charge in [0, 0.05) is 11.1 Å². The second-order valence-electron chi connectivity index (χ2n) is 10.2. The second kappa shape index (κ2) is 12.5. The molecule has 0 aromatic heterocycles. The highest BCUT2D eigenvalue weighted by Gasteiger charge is 2.27. The van der Waals surface area contributed by atoms with Crippen LogP contribution < -0.4 is 0 Å². The molecule has 1 heterocycles. The maximum atomic E-state index is 12.7. The number of hydrogen-bond donors (Lipinski definition) is 1. The molecule has 0 unspecified atom stereocenters. The standard InChI is InChI=1S/C30H44O3/c1-21(13-9-15-27-19-33-20-27)11-8-12-22(2)14-10-17-30(7,32)18-16-28-25(5)23(3)24(4)26(6)29(28)31/h11,14-15,32H,3,8-10,12-13,16-20H2,1-2,4-7H3/b21-11+,22-14+/t30-/m1/s1. The van der Waals surface area contributed by atoms with E-state index in [0.717, 1.165) is 73.2 Å². The molecule has 1 fully saturated rings. The molecule has 0 bridgehead atoms. The van der Waals surface area contributed by atoms with Gasteiger partial charge in [0.1, 0.15) is 0 Å². The Morgan fingerprint density at radius 3 is 2.18 bits per heavy atom. The summed E-state index contributed by atoms with van der Waals surface area (Å²) in [5.41, 5.74) is 7.99. The zero-order valence-electron chi connectivity index (χ0n) is 21.8. The minimum Gasteiger partial charge on any atom is -0.390 e. The molecule has 1 N–H and O–H groups in total. The van der Waals surface area contributed by atoms with Crippen LogP contribution in [-0.4, -0.2) is 29.7 Å². The first kappa shape index (κ1) is 27.3. The molecule has 0 spiro atoms. The van der Waals surface area contributed by atoms with E-state index in [0.29, 0.717) is 19.3 Å². The fraction of sp³-hybridized carbons (Fsp3) is 0.567. The normalized spacial score (nSPS) is 19.8. The fourth-order valence-electron chi connectivity index (χ4n) is 4.30. The Balaban J connectivity index is 1.73. The van der Waals surface area contributed by atoms with Crippen molar-refractivity contribution >= 4 is 5.78 Å². The van der Waals surface area contributed by atoms with Gasteiger partial charge >= 0.3 is 0 Å². The van der Waals surface area contributed by atoms with E-state index >= 15 is 0 Å². The predicted octanol–water partition coefficient (Wildman–Crippen LogP) is 7.50. The number of carbonyl (C=O) groups is 1. The molecular weight excluding hydrogens is 408 g/mol. The van der Waals surface area contributed by atoms with Gasteiger partial charge in [-0.25, -0.2) is 0 Å². The van der Waals surface area contributed by atoms with E-state index in [-0.39, 0.29) is 5.78 Å². The minimum absolute atomic E-state index is 0.112. The molecule has 0 aromatic carbocycles. The van der Waals surface area contributed by atoms with Gasteiger partial charge in [0.2, 0.25) is 0 Å². The van der Waals surface area contributed by atoms with Crippen LogP contribution in [-0.2, 0) is 9.53 Å². The van der Waals surface area contributed by atoms with Crippen molar-refractivity contribution in [3.8, 4) is 0 Å². The van der Waals surface area contributed by atoms with Crippen molar-refractivity contribution in [1.29, 1.82) is 0 Å². The maximum Gasteiger partial charge on any atom is 0.185 e. The van der Waals surface area contributed by atoms with Crippen molar-refractivity contribution in [2.24, 2.45) is 0 Å². The number of hydrogen-bond acceptors (Lipinski definition) is 3. The topological polar surface area (TPSA) is 46.5 Å². The Hall–Kier alpha value is -1.97. The third-order valence-corrected chi connectivity index (χ3v) is 7.20. The van der Waals surface area contributed by atoms with Gasteiger partial charge in [-0.3, -0.25) is 4.79 Å². The van der Waals surface area contributed by atoms with Crippen molar-refractivity contribution in [1.82, 2.24) is 0 Å². The van der Waals surface area contributed by atoms with Crippen molar-refractivity contribution in [2.45, 2.75) is 98.5 Å². The molecule has 2 rings (SSSR count). The zero-order valence-corrected chi connectivity index (χ0v) is 21.8. The Bertz CT molecular complexity index is 897. The summed E-state index contributed by atoms with van der Waals surface area (Å²) in [6, 6.07) is 0. The molecule has 1 aliphatic heterocycles. The number of ether oxygens (including phenoxy) is 1. The van der Waals surface area contributed by atoms with Crippen molar-refractivity contribution in [3.05, 3.63) is 69.4 Å². The summed E-state index contributed by atoms with van der Waals surface area (Å²) in [6.45, 7) is 17.9. The highest BCUT2D eigenvalue weighted by molar-refractivity contribution is 6.11. The molecule has 0 aromatic rings. The van der Waals surface area contributed by atoms with Gasteiger partial charge in [0.25, 0.3) is 0 Å². The van der Waals surface area contributed by atoms with E-state index < -0.39 is 5.60 Å². The van der Waals surface area contributed by atoms with Gasteiger partial charge in [-0.2, -0.15) is 0 Å². The van der Waals surface area contributed by atoms with Gasteiger partial charge < -0.3 is 9.84 Å². The lowest BCUT2D eigenvalue weighted by molar-refractivity contribution is -0.112. The summed E-state index contributed by atoms with van der Waals surface area (Å²) in [6.07, 6.45) is 14.0. The first-order valence-electron chi connectivity index (χ1n) is 12.4. The summed E-state index contributed by atoms with van der Waals surface area (Å²) < 4.78 is 5.17. The first-order chi connectivity index (χ1) is 15.5. The summed E-state index contributed by atoms with van der Waals surface area (Å²) in [7, 11) is 0. The molecule has 3 nitrogen and oxygen atoms in total. The third-order valence-electron chi connectivity index (χ3n) is 7.20. The largest absolute Gasteiger partial charge is 0.390 e. The van der Waals surface area contributed by atoms with Crippen molar-refractivity contribution in [3.63, 3.8) is 0 Å². The van der Waals surface area contributed by atoms with Gasteiger partial charge in [-0.15, -0.1) is 0 Å². The average Bonchev–Trinajstić information content (AvgIpc) is 2.72. The molecule has 1 aliphatic carbocycles. The highest BCUT2D eigenvalue weighted by Crippen LogP contribution is 2.34. The number of aliphatic hydroxyl groups is 1. The molecule has 33 heavy (non-hydrogen) atoms. The van der Waals surface area contributed by atoms with Crippen LogP contribution in [0.1, 0.15) is 92.9 Å². The molecule has 0 amide bonds. The molecular formula is C30H44O3. The number of Topliss-reactive ketones (excluding diaryl/α,β-unsaturated/α-hetero) is 1. The van der Waals surface area contributed by atoms with E-state index in [1.54, 1.807) is 0 Å². The maximum absolute atomic E-state index is 12.7. The number of carbonyl (C=O) groups excluding carboxylic acids is 1. The van der Waals surface area contributed by atoms with E-state index in [1.807, 2.05) is 27.7 Å². The summed E-state index contributed by atoms with van der Waals surface area (Å²) >= 11 is 0. The van der Waals surface area contributed by atoms with Crippen LogP contribution in [0.15, 0.2) is 69.4 Å². The molecule has 3 heteroatoms. The minimum atomic E-state index is -0.785. The monoisotopic (exact) mass is 452 g/mol. The van der Waals surface area contributed by atoms with Gasteiger partial charge in [-0.05, 0) is 115 Å². The smallest absolute Gasteiger partial charge is 0.185 e. The van der Waals surface area contributed by atoms with Crippen LogP contribution in [0, 0.1) is 0 Å². The number of allylic oxidation sites excluding steroid dienone is 10. The Kier molecular flexibility index (Phi) is 10.3. The van der Waals surface area contributed by atoms with Crippen molar-refractivity contribution < 1.29 is 14.6 Å². The predicted molar refractivity (Wildman–Crippen MR) is 139 cm³/mol. The molecule has 0 radical (unpaired) electrons. The van der Waals surface area contributed by atoms with Crippen molar-refractivity contribution in [2.75, 3.05) is 13.2 Å². The highest BCUT2D eigenvalue weighted by atomic mass is 16.5. The zero-order chi connectivity index (χ0) is 24.6. The van der Waals surface area contributed by atoms with Gasteiger partial charge in [0.05, 0.1) is 18.8 Å². The molecule has 182 valence electrons. The summed E-state index contributed by atoms with van der Waals surface area (Å²) in [4.78, 5) is 12.7. The van der Waals surface area contributed by atoms with E-state index in [1.165, 1.54) is 16.7 Å². The van der Waals surface area contributed by atoms with E-state index in [9.17, 15) is 9.90 Å². The summed E-state index contributed by atoms with van der Waals surface area (Å²) in [5, 5.41) is 10.9. The fourth-order valence-corrected chi connectivity index (χ4v) is 4.30. The van der Waals surface area contributed by atoms with Gasteiger partial charge in [-0.1, -0.05) is 36.0 Å². The van der Waals surface area contributed by atoms with Crippen LogP contribution in [0.5, 0.6) is 0 Å². The molecule has 1 saturated heterocycles. The Morgan fingerprint density at radius 2 is 1.58 bits per heavy atom. The van der Waals surface area contributed by atoms with Crippen LogP contribution in [0.2, 0.25) is 0 Å². The second-order valence-corrected chi connectivity index (χ2v) is 10.2. The first-order valence-corrected chi connectivity index (χ1v) is 12.4. The van der Waals surface area contributed by atoms with Gasteiger partial charge in [0.15, 0.2) is 5.78 Å². The SMILES string of the molecule is C=C1C(C)=C(C)C(=O)C(CC[C@](C)(O)CC/C=C(\C)CC/C=C(\C)CCC=C2COC2)=C1C. The lowest BCUT2D eigenvalue weighted by atomic mass is 9.80. The molecule has 0 saturated carbocycles. The lowest BCUT2D eigenvalue weighted by Crippen LogP contribution is -2.25. The molecule has 2 aliphatic rings. The quantitative estimate of drug-likeness (QED) is 0.312. The van der Waals surface area contributed by atoms with E-state index in [4.69, 9.17) is 4.74 Å². The Labute approximate surface area is 201 Å². The number of rotatable bonds is 12. The average molecular weight is 453 g/mol. The Morgan fingerprint density at radius 1 is 0.970 bits per heavy atom. The van der Waals surface area contributed by atoms with E-state index in [2.05, 4.69) is 38.7 Å². The van der Waals surface area contributed by atoms with Crippen LogP contribution in [0.3, 0.4) is 0 Å².